The second-order valence-corrected chi connectivity index (χ2v) is 5.95. The number of nitriles is 1. The number of amides is 1. The molecule has 0 saturated heterocycles. The van der Waals surface area contributed by atoms with E-state index in [-0.39, 0.29) is 5.91 Å². The summed E-state index contributed by atoms with van der Waals surface area (Å²) in [7, 11) is 0. The normalized spacial score (nSPS) is 29.4. The van der Waals surface area contributed by atoms with E-state index >= 15 is 0 Å². The van der Waals surface area contributed by atoms with Gasteiger partial charge in [-0.15, -0.1) is 0 Å². The lowest BCUT2D eigenvalue weighted by Crippen LogP contribution is -2.50. The summed E-state index contributed by atoms with van der Waals surface area (Å²) in [5.41, 5.74) is -0.769. The fourth-order valence-electron chi connectivity index (χ4n) is 3.04. The maximum absolute atomic E-state index is 12.7. The standard InChI is InChI=1S/C15H18N2O2/c1-11-7-15(8-11,10-16)14(18)17(12-4-5-12)9-13-3-2-6-19-13/h2-3,6,11-12H,4-5,7-9H2,1H3. The molecule has 1 aromatic rings. The minimum atomic E-state index is -0.769. The summed E-state index contributed by atoms with van der Waals surface area (Å²) in [4.78, 5) is 14.5. The van der Waals surface area contributed by atoms with Crippen molar-refractivity contribution in [3.05, 3.63) is 24.2 Å². The van der Waals surface area contributed by atoms with E-state index in [9.17, 15) is 10.1 Å². The highest BCUT2D eigenvalue weighted by Crippen LogP contribution is 2.47. The summed E-state index contributed by atoms with van der Waals surface area (Å²) in [5.74, 6) is 1.28. The van der Waals surface area contributed by atoms with E-state index in [0.29, 0.717) is 31.3 Å². The Morgan fingerprint density at radius 2 is 2.32 bits per heavy atom. The molecule has 100 valence electrons. The Morgan fingerprint density at radius 1 is 1.58 bits per heavy atom. The van der Waals surface area contributed by atoms with Crippen LogP contribution in [0, 0.1) is 22.7 Å². The average molecular weight is 258 g/mol. The lowest BCUT2D eigenvalue weighted by molar-refractivity contribution is -0.146. The second-order valence-electron chi connectivity index (χ2n) is 5.95. The Morgan fingerprint density at radius 3 is 2.79 bits per heavy atom. The van der Waals surface area contributed by atoms with Crippen molar-refractivity contribution in [2.24, 2.45) is 11.3 Å². The van der Waals surface area contributed by atoms with Gasteiger partial charge in [-0.05, 0) is 43.7 Å². The zero-order chi connectivity index (χ0) is 13.5. The minimum Gasteiger partial charge on any atom is -0.467 e. The zero-order valence-corrected chi connectivity index (χ0v) is 11.1. The third kappa shape index (κ3) is 2.14. The molecule has 1 heterocycles. The first-order valence-electron chi connectivity index (χ1n) is 6.89. The number of furan rings is 1. The lowest BCUT2D eigenvalue weighted by Gasteiger charge is -2.42. The monoisotopic (exact) mass is 258 g/mol. The maximum atomic E-state index is 12.7. The third-order valence-corrected chi connectivity index (χ3v) is 4.17. The number of nitrogens with zero attached hydrogens (tertiary/aromatic N) is 2. The van der Waals surface area contributed by atoms with Crippen molar-refractivity contribution < 1.29 is 9.21 Å². The molecule has 0 aliphatic heterocycles. The minimum absolute atomic E-state index is 0.00648. The summed E-state index contributed by atoms with van der Waals surface area (Å²) in [5, 5.41) is 9.38. The maximum Gasteiger partial charge on any atom is 0.243 e. The molecule has 2 aliphatic rings. The molecule has 0 spiro atoms. The molecular formula is C15H18N2O2. The molecule has 2 saturated carbocycles. The van der Waals surface area contributed by atoms with E-state index in [2.05, 4.69) is 13.0 Å². The molecule has 2 fully saturated rings. The molecule has 1 amide bonds. The van der Waals surface area contributed by atoms with Gasteiger partial charge in [0.25, 0.3) is 0 Å². The Hall–Kier alpha value is -1.76. The van der Waals surface area contributed by atoms with Crippen LogP contribution in [0.1, 0.15) is 38.4 Å². The van der Waals surface area contributed by atoms with Gasteiger partial charge in [-0.3, -0.25) is 4.79 Å². The van der Waals surface area contributed by atoms with Gasteiger partial charge < -0.3 is 9.32 Å². The molecule has 4 nitrogen and oxygen atoms in total. The summed E-state index contributed by atoms with van der Waals surface area (Å²) in [6.45, 7) is 2.59. The largest absolute Gasteiger partial charge is 0.467 e. The first-order chi connectivity index (χ1) is 9.14. The van der Waals surface area contributed by atoms with Gasteiger partial charge in [0, 0.05) is 6.04 Å². The number of hydrogen-bond acceptors (Lipinski definition) is 3. The Labute approximate surface area is 113 Å². The quantitative estimate of drug-likeness (QED) is 0.834. The van der Waals surface area contributed by atoms with Crippen LogP contribution < -0.4 is 0 Å². The molecule has 19 heavy (non-hydrogen) atoms. The number of carbonyl (C=O) groups is 1. The Kier molecular flexibility index (Phi) is 2.85. The summed E-state index contributed by atoms with van der Waals surface area (Å²) < 4.78 is 5.33. The molecule has 0 bridgehead atoms. The van der Waals surface area contributed by atoms with Crippen molar-refractivity contribution in [3.8, 4) is 6.07 Å². The molecule has 0 unspecified atom stereocenters. The van der Waals surface area contributed by atoms with Crippen LogP contribution >= 0.6 is 0 Å². The first-order valence-corrected chi connectivity index (χ1v) is 6.89. The van der Waals surface area contributed by atoms with Crippen molar-refractivity contribution in [1.82, 2.24) is 4.90 Å². The van der Waals surface area contributed by atoms with Gasteiger partial charge in [0.15, 0.2) is 0 Å². The van der Waals surface area contributed by atoms with E-state index in [0.717, 1.165) is 18.6 Å². The molecule has 0 aromatic carbocycles. The number of rotatable bonds is 4. The highest BCUT2D eigenvalue weighted by molar-refractivity contribution is 5.87. The Bertz CT molecular complexity index is 505. The predicted molar refractivity (Wildman–Crippen MR) is 68.7 cm³/mol. The van der Waals surface area contributed by atoms with Gasteiger partial charge in [-0.25, -0.2) is 0 Å². The van der Waals surface area contributed by atoms with E-state index in [1.165, 1.54) is 0 Å². The van der Waals surface area contributed by atoms with Crippen LogP contribution in [0.4, 0.5) is 0 Å². The van der Waals surface area contributed by atoms with E-state index in [1.807, 2.05) is 17.0 Å². The third-order valence-electron chi connectivity index (χ3n) is 4.17. The summed E-state index contributed by atoms with van der Waals surface area (Å²) >= 11 is 0. The highest BCUT2D eigenvalue weighted by atomic mass is 16.3. The van der Waals surface area contributed by atoms with Gasteiger partial charge in [-0.2, -0.15) is 5.26 Å². The first kappa shape index (κ1) is 12.3. The molecule has 2 aliphatic carbocycles. The molecule has 1 aromatic heterocycles. The van der Waals surface area contributed by atoms with Crippen molar-refractivity contribution in [3.63, 3.8) is 0 Å². The van der Waals surface area contributed by atoms with Crippen LogP contribution in [0.5, 0.6) is 0 Å². The fourth-order valence-corrected chi connectivity index (χ4v) is 3.04. The van der Waals surface area contributed by atoms with Gasteiger partial charge in [0.2, 0.25) is 5.91 Å². The van der Waals surface area contributed by atoms with Crippen LogP contribution in [-0.4, -0.2) is 16.8 Å². The van der Waals surface area contributed by atoms with E-state index < -0.39 is 5.41 Å². The van der Waals surface area contributed by atoms with Crippen molar-refractivity contribution >= 4 is 5.91 Å². The molecule has 0 radical (unpaired) electrons. The fraction of sp³-hybridized carbons (Fsp3) is 0.600. The van der Waals surface area contributed by atoms with Crippen molar-refractivity contribution in [2.75, 3.05) is 0 Å². The SMILES string of the molecule is CC1CC(C#N)(C(=O)N(Cc2ccco2)C2CC2)C1. The predicted octanol–water partition coefficient (Wildman–Crippen LogP) is 2.71. The molecule has 4 heteroatoms. The van der Waals surface area contributed by atoms with Gasteiger partial charge in [-0.1, -0.05) is 6.92 Å². The lowest BCUT2D eigenvalue weighted by atomic mass is 9.62. The Balaban J connectivity index is 1.77. The van der Waals surface area contributed by atoms with Crippen LogP contribution in [-0.2, 0) is 11.3 Å². The van der Waals surface area contributed by atoms with Crippen molar-refractivity contribution in [1.29, 1.82) is 5.26 Å². The van der Waals surface area contributed by atoms with Crippen LogP contribution in [0.2, 0.25) is 0 Å². The number of carbonyl (C=O) groups excluding carboxylic acids is 1. The van der Waals surface area contributed by atoms with Gasteiger partial charge in [0.1, 0.15) is 11.2 Å². The van der Waals surface area contributed by atoms with E-state index in [4.69, 9.17) is 4.42 Å². The molecular weight excluding hydrogens is 240 g/mol. The average Bonchev–Trinajstić information content (AvgIpc) is 3.08. The number of hydrogen-bond donors (Lipinski definition) is 0. The van der Waals surface area contributed by atoms with Crippen LogP contribution in [0.25, 0.3) is 0 Å². The van der Waals surface area contributed by atoms with Gasteiger partial charge in [0.05, 0.1) is 18.9 Å². The van der Waals surface area contributed by atoms with Crippen LogP contribution in [0.3, 0.4) is 0 Å². The molecule has 3 rings (SSSR count). The second kappa shape index (κ2) is 4.41. The molecule has 0 N–H and O–H groups in total. The van der Waals surface area contributed by atoms with Crippen LogP contribution in [0.15, 0.2) is 22.8 Å². The summed E-state index contributed by atoms with van der Waals surface area (Å²) in [6.07, 6.45) is 5.11. The smallest absolute Gasteiger partial charge is 0.243 e. The zero-order valence-electron chi connectivity index (χ0n) is 11.1. The molecule has 0 atom stereocenters. The highest BCUT2D eigenvalue weighted by Gasteiger charge is 2.52. The van der Waals surface area contributed by atoms with E-state index in [1.54, 1.807) is 6.26 Å². The topological polar surface area (TPSA) is 57.2 Å². The summed E-state index contributed by atoms with van der Waals surface area (Å²) in [6, 6.07) is 6.28. The van der Waals surface area contributed by atoms with Gasteiger partial charge >= 0.3 is 0 Å². The van der Waals surface area contributed by atoms with Crippen molar-refractivity contribution in [2.45, 2.75) is 45.2 Å².